The Morgan fingerprint density at radius 3 is 2.45 bits per heavy atom. The highest BCUT2D eigenvalue weighted by molar-refractivity contribution is 7.92. The number of nitrogens with one attached hydrogen (secondary N) is 1. The molecule has 2 unspecified atom stereocenters. The second-order valence-corrected chi connectivity index (χ2v) is 8.13. The molecule has 1 aromatic carbocycles. The zero-order chi connectivity index (χ0) is 16.3. The first-order chi connectivity index (χ1) is 10.3. The molecule has 1 amide bonds. The summed E-state index contributed by atoms with van der Waals surface area (Å²) in [7, 11) is -3.66. The number of benzene rings is 1. The van der Waals surface area contributed by atoms with Crippen LogP contribution in [-0.4, -0.2) is 32.2 Å². The van der Waals surface area contributed by atoms with Gasteiger partial charge >= 0.3 is 0 Å². The molecule has 1 fully saturated rings. The fourth-order valence-electron chi connectivity index (χ4n) is 2.36. The topological polar surface area (TPSA) is 89.3 Å². The lowest BCUT2D eigenvalue weighted by atomic mass is 10.2. The summed E-state index contributed by atoms with van der Waals surface area (Å²) >= 11 is 0. The first-order valence-corrected chi connectivity index (χ1v) is 8.88. The van der Waals surface area contributed by atoms with Gasteiger partial charge in [0.15, 0.2) is 9.84 Å². The van der Waals surface area contributed by atoms with Gasteiger partial charge in [-0.3, -0.25) is 4.79 Å². The molecule has 3 N–H and O–H groups in total. The molecule has 1 aliphatic carbocycles. The lowest BCUT2D eigenvalue weighted by Crippen LogP contribution is -2.43. The fourth-order valence-corrected chi connectivity index (χ4v) is 3.71. The Balaban J connectivity index is 1.99. The van der Waals surface area contributed by atoms with E-state index in [2.05, 4.69) is 5.32 Å². The summed E-state index contributed by atoms with van der Waals surface area (Å²) in [6, 6.07) is 4.54. The van der Waals surface area contributed by atoms with E-state index >= 15 is 0 Å². The number of nitrogens with two attached hydrogens (primary N) is 1. The van der Waals surface area contributed by atoms with Gasteiger partial charge in [0.05, 0.1) is 10.1 Å². The summed E-state index contributed by atoms with van der Waals surface area (Å²) in [4.78, 5) is 12.0. The van der Waals surface area contributed by atoms with Gasteiger partial charge in [-0.1, -0.05) is 0 Å². The molecule has 2 rings (SSSR count). The zero-order valence-corrected chi connectivity index (χ0v) is 13.3. The maximum atomic E-state index is 12.9. The summed E-state index contributed by atoms with van der Waals surface area (Å²) in [5.74, 6) is -0.405. The third kappa shape index (κ3) is 4.04. The van der Waals surface area contributed by atoms with Crippen molar-refractivity contribution < 1.29 is 17.6 Å². The van der Waals surface area contributed by atoms with E-state index in [4.69, 9.17) is 5.73 Å². The summed E-state index contributed by atoms with van der Waals surface area (Å²) in [6.45, 7) is 1.84. The van der Waals surface area contributed by atoms with Gasteiger partial charge in [-0.2, -0.15) is 0 Å². The third-order valence-corrected chi connectivity index (χ3v) is 6.09. The highest BCUT2D eigenvalue weighted by Gasteiger charge is 2.32. The highest BCUT2D eigenvalue weighted by Crippen LogP contribution is 2.32. The smallest absolute Gasteiger partial charge is 0.221 e. The van der Waals surface area contributed by atoms with Gasteiger partial charge in [0.1, 0.15) is 5.82 Å². The minimum absolute atomic E-state index is 0.0202. The van der Waals surface area contributed by atoms with E-state index in [9.17, 15) is 17.6 Å². The van der Waals surface area contributed by atoms with Crippen molar-refractivity contribution in [2.24, 2.45) is 11.7 Å². The van der Waals surface area contributed by atoms with E-state index in [0.717, 1.165) is 25.0 Å². The summed E-state index contributed by atoms with van der Waals surface area (Å²) in [5, 5.41) is 1.92. The Kier molecular flexibility index (Phi) is 5.18. The molecule has 0 bridgehead atoms. The average Bonchev–Trinajstić information content (AvgIpc) is 3.29. The van der Waals surface area contributed by atoms with E-state index in [1.54, 1.807) is 0 Å². The number of hydrogen-bond donors (Lipinski definition) is 2. The monoisotopic (exact) mass is 328 g/mol. The Labute approximate surface area is 130 Å². The number of carbonyl (C=O) groups is 1. The molecule has 0 aliphatic heterocycles. The van der Waals surface area contributed by atoms with Crippen LogP contribution in [0.5, 0.6) is 0 Å². The number of amides is 1. The first kappa shape index (κ1) is 16.9. The SMILES string of the molecule is CC(CC(=O)NC(CN)C1CC1)S(=O)(=O)c1ccc(F)cc1. The van der Waals surface area contributed by atoms with Crippen LogP contribution in [0.3, 0.4) is 0 Å². The van der Waals surface area contributed by atoms with Crippen molar-refractivity contribution in [1.82, 2.24) is 5.32 Å². The fraction of sp³-hybridized carbons (Fsp3) is 0.533. The van der Waals surface area contributed by atoms with E-state index in [1.807, 2.05) is 0 Å². The number of rotatable bonds is 7. The van der Waals surface area contributed by atoms with E-state index in [1.165, 1.54) is 19.1 Å². The van der Waals surface area contributed by atoms with Gasteiger partial charge in [0, 0.05) is 19.0 Å². The zero-order valence-electron chi connectivity index (χ0n) is 12.5. The van der Waals surface area contributed by atoms with Crippen LogP contribution in [-0.2, 0) is 14.6 Å². The van der Waals surface area contributed by atoms with Crippen molar-refractivity contribution in [3.05, 3.63) is 30.1 Å². The molecular weight excluding hydrogens is 307 g/mol. The number of carbonyl (C=O) groups excluding carboxylic acids is 1. The maximum absolute atomic E-state index is 12.9. The molecule has 7 heteroatoms. The summed E-state index contributed by atoms with van der Waals surface area (Å²) < 4.78 is 37.6. The molecule has 1 saturated carbocycles. The van der Waals surface area contributed by atoms with Crippen LogP contribution in [0.2, 0.25) is 0 Å². The minimum atomic E-state index is -3.66. The van der Waals surface area contributed by atoms with Gasteiger partial charge in [-0.05, 0) is 49.9 Å². The lowest BCUT2D eigenvalue weighted by Gasteiger charge is -2.18. The van der Waals surface area contributed by atoms with Crippen LogP contribution < -0.4 is 11.1 Å². The molecule has 0 saturated heterocycles. The molecular formula is C15H21FN2O3S. The van der Waals surface area contributed by atoms with Crippen molar-refractivity contribution in [1.29, 1.82) is 0 Å². The summed E-state index contributed by atoms with van der Waals surface area (Å²) in [6.07, 6.45) is 1.96. The van der Waals surface area contributed by atoms with Crippen LogP contribution in [0.1, 0.15) is 26.2 Å². The van der Waals surface area contributed by atoms with E-state index in [0.29, 0.717) is 12.5 Å². The van der Waals surface area contributed by atoms with Gasteiger partial charge in [0.25, 0.3) is 0 Å². The average molecular weight is 328 g/mol. The molecule has 1 aliphatic rings. The van der Waals surface area contributed by atoms with E-state index in [-0.39, 0.29) is 23.3 Å². The summed E-state index contributed by atoms with van der Waals surface area (Å²) in [5.41, 5.74) is 5.62. The minimum Gasteiger partial charge on any atom is -0.352 e. The van der Waals surface area contributed by atoms with Gasteiger partial charge in [-0.15, -0.1) is 0 Å². The Morgan fingerprint density at radius 2 is 1.95 bits per heavy atom. The first-order valence-electron chi connectivity index (χ1n) is 7.33. The standard InChI is InChI=1S/C15H21FN2O3S/c1-10(8-15(19)18-14(9-17)11-2-3-11)22(20,21)13-6-4-12(16)5-7-13/h4-7,10-11,14H,2-3,8-9,17H2,1H3,(H,18,19). The molecule has 0 aromatic heterocycles. The molecule has 5 nitrogen and oxygen atoms in total. The Morgan fingerprint density at radius 1 is 1.36 bits per heavy atom. The second kappa shape index (κ2) is 6.75. The van der Waals surface area contributed by atoms with Crippen molar-refractivity contribution >= 4 is 15.7 Å². The Hall–Kier alpha value is -1.47. The molecule has 0 radical (unpaired) electrons. The highest BCUT2D eigenvalue weighted by atomic mass is 32.2. The molecule has 2 atom stereocenters. The Bertz CT molecular complexity index is 627. The van der Waals surface area contributed by atoms with Crippen molar-refractivity contribution in [3.8, 4) is 0 Å². The van der Waals surface area contributed by atoms with Crippen LogP contribution in [0.25, 0.3) is 0 Å². The van der Waals surface area contributed by atoms with Crippen molar-refractivity contribution in [2.45, 2.75) is 42.4 Å². The van der Waals surface area contributed by atoms with Crippen molar-refractivity contribution in [2.75, 3.05) is 6.54 Å². The largest absolute Gasteiger partial charge is 0.352 e. The number of halogens is 1. The van der Waals surface area contributed by atoms with Gasteiger partial charge in [-0.25, -0.2) is 12.8 Å². The predicted octanol–water partition coefficient (Wildman–Crippen LogP) is 1.23. The molecule has 0 heterocycles. The van der Waals surface area contributed by atoms with E-state index < -0.39 is 20.9 Å². The lowest BCUT2D eigenvalue weighted by molar-refractivity contribution is -0.121. The van der Waals surface area contributed by atoms with Crippen LogP contribution in [0.15, 0.2) is 29.2 Å². The molecule has 1 aromatic rings. The normalized spacial score (nSPS) is 17.8. The number of hydrogen-bond acceptors (Lipinski definition) is 4. The molecule has 122 valence electrons. The molecule has 22 heavy (non-hydrogen) atoms. The quantitative estimate of drug-likeness (QED) is 0.737. The third-order valence-electron chi connectivity index (χ3n) is 3.94. The van der Waals surface area contributed by atoms with Gasteiger partial charge in [0.2, 0.25) is 5.91 Å². The van der Waals surface area contributed by atoms with Gasteiger partial charge < -0.3 is 11.1 Å². The van der Waals surface area contributed by atoms with Crippen LogP contribution in [0.4, 0.5) is 4.39 Å². The van der Waals surface area contributed by atoms with Crippen molar-refractivity contribution in [3.63, 3.8) is 0 Å². The van der Waals surface area contributed by atoms with Crippen LogP contribution in [0, 0.1) is 11.7 Å². The maximum Gasteiger partial charge on any atom is 0.221 e. The number of sulfone groups is 1. The van der Waals surface area contributed by atoms with Crippen LogP contribution >= 0.6 is 0 Å². The molecule has 0 spiro atoms. The second-order valence-electron chi connectivity index (χ2n) is 5.76. The predicted molar refractivity (Wildman–Crippen MR) is 81.4 cm³/mol.